The summed E-state index contributed by atoms with van der Waals surface area (Å²) in [5, 5.41) is 39.8. The molecule has 0 bridgehead atoms. The van der Waals surface area contributed by atoms with E-state index < -0.39 is 24.3 Å². The monoisotopic (exact) mass is 424 g/mol. The predicted molar refractivity (Wildman–Crippen MR) is 111 cm³/mol. The molecule has 2 unspecified atom stereocenters. The first kappa shape index (κ1) is 23.4. The third kappa shape index (κ3) is 8.19. The summed E-state index contributed by atoms with van der Waals surface area (Å²) in [5.74, 6) is -0.671. The average molecular weight is 425 g/mol. The van der Waals surface area contributed by atoms with Gasteiger partial charge in [-0.3, -0.25) is 4.79 Å². The van der Waals surface area contributed by atoms with Gasteiger partial charge in [-0.15, -0.1) is 0 Å². The highest BCUT2D eigenvalue weighted by Crippen LogP contribution is 2.36. The lowest BCUT2D eigenvalue weighted by molar-refractivity contribution is -0.137. The van der Waals surface area contributed by atoms with Crippen molar-refractivity contribution in [2.75, 3.05) is 6.61 Å². The van der Waals surface area contributed by atoms with Crippen molar-refractivity contribution in [1.82, 2.24) is 0 Å². The molecule has 4 N–H and O–H groups in total. The maximum absolute atomic E-state index is 10.5. The Labute approximate surface area is 176 Å². The molecule has 1 aliphatic rings. The smallest absolute Gasteiger partial charge is 0.303 e. The van der Waals surface area contributed by atoms with Crippen LogP contribution in [0.15, 0.2) is 48.6 Å². The number of aliphatic carboxylic acids is 1. The van der Waals surface area contributed by atoms with Crippen LogP contribution < -0.4 is 4.74 Å². The van der Waals surface area contributed by atoms with E-state index in [-0.39, 0.29) is 24.9 Å². The van der Waals surface area contributed by atoms with Gasteiger partial charge >= 0.3 is 5.97 Å². The number of aliphatic hydroxyl groups excluding tert-OH is 3. The second-order valence-electron chi connectivity index (χ2n) is 7.33. The van der Waals surface area contributed by atoms with Gasteiger partial charge in [-0.2, -0.15) is 0 Å². The maximum atomic E-state index is 10.5. The van der Waals surface area contributed by atoms with E-state index in [1.54, 1.807) is 36.4 Å². The highest BCUT2D eigenvalue weighted by atomic mass is 35.5. The Bertz CT molecular complexity index is 704. The second kappa shape index (κ2) is 12.0. The largest absolute Gasteiger partial charge is 0.491 e. The van der Waals surface area contributed by atoms with E-state index in [4.69, 9.17) is 21.4 Å². The molecule has 1 saturated carbocycles. The lowest BCUT2D eigenvalue weighted by atomic mass is 9.89. The number of rotatable bonds is 11. The minimum Gasteiger partial charge on any atom is -0.491 e. The lowest BCUT2D eigenvalue weighted by Crippen LogP contribution is -2.21. The summed E-state index contributed by atoms with van der Waals surface area (Å²) in [6.07, 6.45) is 7.26. The number of hydrogen-bond acceptors (Lipinski definition) is 5. The molecule has 0 radical (unpaired) electrons. The van der Waals surface area contributed by atoms with E-state index in [2.05, 4.69) is 0 Å². The molecule has 7 heteroatoms. The number of ether oxygens (including phenoxy) is 1. The molecule has 29 heavy (non-hydrogen) atoms. The zero-order valence-corrected chi connectivity index (χ0v) is 17.0. The molecule has 0 saturated heterocycles. The Balaban J connectivity index is 1.83. The summed E-state index contributed by atoms with van der Waals surface area (Å²) in [7, 11) is 0. The van der Waals surface area contributed by atoms with Crippen molar-refractivity contribution in [1.29, 1.82) is 0 Å². The summed E-state index contributed by atoms with van der Waals surface area (Å²) in [4.78, 5) is 10.5. The molecule has 0 heterocycles. The normalized spacial score (nSPS) is 25.7. The summed E-state index contributed by atoms with van der Waals surface area (Å²) < 4.78 is 5.51. The Morgan fingerprint density at radius 3 is 2.79 bits per heavy atom. The van der Waals surface area contributed by atoms with Crippen LogP contribution in [-0.2, 0) is 4.79 Å². The summed E-state index contributed by atoms with van der Waals surface area (Å²) in [5.41, 5.74) is 0. The van der Waals surface area contributed by atoms with Crippen molar-refractivity contribution in [3.8, 4) is 5.75 Å². The number of carbonyl (C=O) groups is 1. The second-order valence-corrected chi connectivity index (χ2v) is 7.76. The fourth-order valence-corrected chi connectivity index (χ4v) is 3.68. The van der Waals surface area contributed by atoms with E-state index in [1.165, 1.54) is 0 Å². The topological polar surface area (TPSA) is 107 Å². The molecule has 160 valence electrons. The van der Waals surface area contributed by atoms with Gasteiger partial charge in [-0.25, -0.2) is 0 Å². The molecule has 0 spiro atoms. The molecule has 6 nitrogen and oxygen atoms in total. The average Bonchev–Trinajstić information content (AvgIpc) is 2.93. The standard InChI is InChI=1S/C22H29ClO6/c23-15-6-5-7-17(12-15)29-14-16(24)10-11-19-18(20(25)13-21(19)26)8-3-1-2-4-9-22(27)28/h1,3,5-7,10-12,16,18-21,24-26H,2,4,8-9,13-14H2,(H,27,28)/b3-1+,11-10+/t16-,18-,19-,20?,21?/m1/s1. The van der Waals surface area contributed by atoms with Crippen molar-refractivity contribution in [2.24, 2.45) is 11.8 Å². The van der Waals surface area contributed by atoms with Crippen LogP contribution in [0.2, 0.25) is 5.02 Å². The molecule has 0 amide bonds. The molecule has 1 aliphatic carbocycles. The Kier molecular flexibility index (Phi) is 9.67. The van der Waals surface area contributed by atoms with Crippen LogP contribution in [0, 0.1) is 11.8 Å². The van der Waals surface area contributed by atoms with Gasteiger partial charge in [0.05, 0.1) is 12.2 Å². The number of unbranched alkanes of at least 4 members (excludes halogenated alkanes) is 1. The Morgan fingerprint density at radius 2 is 2.07 bits per heavy atom. The minimum atomic E-state index is -0.855. The van der Waals surface area contributed by atoms with Gasteiger partial charge in [-0.1, -0.05) is 42.0 Å². The fourth-order valence-electron chi connectivity index (χ4n) is 3.50. The quantitative estimate of drug-likeness (QED) is 0.321. The van der Waals surface area contributed by atoms with Crippen molar-refractivity contribution < 1.29 is 30.0 Å². The summed E-state index contributed by atoms with van der Waals surface area (Å²) in [6, 6.07) is 6.90. The number of carboxylic acid groups (broad SMARTS) is 1. The molecule has 2 rings (SSSR count). The van der Waals surface area contributed by atoms with Gasteiger partial charge < -0.3 is 25.2 Å². The van der Waals surface area contributed by atoms with Crippen LogP contribution in [0.25, 0.3) is 0 Å². The van der Waals surface area contributed by atoms with Crippen molar-refractivity contribution in [3.63, 3.8) is 0 Å². The highest BCUT2D eigenvalue weighted by Gasteiger charge is 2.39. The van der Waals surface area contributed by atoms with Crippen LogP contribution in [0.5, 0.6) is 5.75 Å². The molecule has 5 atom stereocenters. The van der Waals surface area contributed by atoms with Crippen LogP contribution in [0.3, 0.4) is 0 Å². The Hall–Kier alpha value is -1.86. The predicted octanol–water partition coefficient (Wildman–Crippen LogP) is 3.20. The van der Waals surface area contributed by atoms with E-state index in [0.717, 1.165) is 0 Å². The van der Waals surface area contributed by atoms with E-state index in [1.807, 2.05) is 12.2 Å². The maximum Gasteiger partial charge on any atom is 0.303 e. The number of carboxylic acids is 1. The third-order valence-electron chi connectivity index (χ3n) is 5.02. The van der Waals surface area contributed by atoms with Gasteiger partial charge in [0.25, 0.3) is 0 Å². The van der Waals surface area contributed by atoms with Crippen molar-refractivity contribution >= 4 is 17.6 Å². The third-order valence-corrected chi connectivity index (χ3v) is 5.26. The molecule has 0 aromatic heterocycles. The fraction of sp³-hybridized carbons (Fsp3) is 0.500. The number of hydrogen-bond donors (Lipinski definition) is 4. The minimum absolute atomic E-state index is 0.0519. The molecule has 1 aromatic carbocycles. The number of benzene rings is 1. The van der Waals surface area contributed by atoms with Gasteiger partial charge in [0, 0.05) is 23.8 Å². The van der Waals surface area contributed by atoms with E-state index in [0.29, 0.717) is 36.5 Å². The Morgan fingerprint density at radius 1 is 1.28 bits per heavy atom. The van der Waals surface area contributed by atoms with Crippen LogP contribution >= 0.6 is 11.6 Å². The summed E-state index contributed by atoms with van der Waals surface area (Å²) in [6.45, 7) is 0.0519. The first-order valence-corrected chi connectivity index (χ1v) is 10.2. The molecule has 1 fully saturated rings. The van der Waals surface area contributed by atoms with Gasteiger partial charge in [0.1, 0.15) is 18.5 Å². The molecular weight excluding hydrogens is 396 g/mol. The number of allylic oxidation sites excluding steroid dienone is 2. The van der Waals surface area contributed by atoms with Crippen LogP contribution in [0.4, 0.5) is 0 Å². The van der Waals surface area contributed by atoms with Crippen LogP contribution in [0.1, 0.15) is 32.1 Å². The zero-order valence-electron chi connectivity index (χ0n) is 16.2. The first-order chi connectivity index (χ1) is 13.9. The van der Waals surface area contributed by atoms with Gasteiger partial charge in [0.15, 0.2) is 0 Å². The number of halogens is 1. The number of aliphatic hydroxyl groups is 3. The summed E-state index contributed by atoms with van der Waals surface area (Å²) >= 11 is 5.90. The van der Waals surface area contributed by atoms with Crippen molar-refractivity contribution in [2.45, 2.75) is 50.4 Å². The van der Waals surface area contributed by atoms with Crippen molar-refractivity contribution in [3.05, 3.63) is 53.6 Å². The highest BCUT2D eigenvalue weighted by molar-refractivity contribution is 6.30. The van der Waals surface area contributed by atoms with E-state index in [9.17, 15) is 20.1 Å². The zero-order chi connectivity index (χ0) is 21.2. The lowest BCUT2D eigenvalue weighted by Gasteiger charge is -2.19. The van der Waals surface area contributed by atoms with Gasteiger partial charge in [-0.05, 0) is 43.4 Å². The molecular formula is C22H29ClO6. The molecule has 1 aromatic rings. The first-order valence-electron chi connectivity index (χ1n) is 9.84. The van der Waals surface area contributed by atoms with Crippen LogP contribution in [-0.4, -0.2) is 51.3 Å². The SMILES string of the molecule is O=C(O)CCC/C=C/C[C@H]1C(O)CC(O)[C@@H]1/C=C/[C@@H](O)COc1cccc(Cl)c1. The molecule has 0 aliphatic heterocycles. The van der Waals surface area contributed by atoms with Gasteiger partial charge in [0.2, 0.25) is 0 Å². The van der Waals surface area contributed by atoms with E-state index >= 15 is 0 Å².